The Bertz CT molecular complexity index is 387. The van der Waals surface area contributed by atoms with Crippen molar-refractivity contribution in [1.29, 1.82) is 5.26 Å². The van der Waals surface area contributed by atoms with E-state index in [2.05, 4.69) is 15.6 Å². The monoisotopic (exact) mass is 187 g/mol. The van der Waals surface area contributed by atoms with Crippen LogP contribution in [0.3, 0.4) is 0 Å². The molecule has 0 aromatic carbocycles. The molecular weight excluding hydrogens is 174 g/mol. The number of nitriles is 1. The molecule has 3 nitrogen and oxygen atoms in total. The number of hydrogen-bond acceptors (Lipinski definition) is 2. The topological polar surface area (TPSA) is 41.6 Å². The molecule has 0 N–H and O–H groups in total. The average molecular weight is 187 g/mol. The molecule has 0 radical (unpaired) electrons. The highest BCUT2D eigenvalue weighted by Crippen LogP contribution is 2.50. The highest BCUT2D eigenvalue weighted by molar-refractivity contribution is 5.14. The Morgan fingerprint density at radius 2 is 2.36 bits per heavy atom. The van der Waals surface area contributed by atoms with Gasteiger partial charge in [0.1, 0.15) is 6.07 Å². The number of rotatable bonds is 1. The van der Waals surface area contributed by atoms with Crippen LogP contribution in [0, 0.1) is 23.2 Å². The second kappa shape index (κ2) is 2.84. The molecule has 0 spiro atoms. The van der Waals surface area contributed by atoms with Crippen LogP contribution in [0.15, 0.2) is 12.4 Å². The van der Waals surface area contributed by atoms with Crippen molar-refractivity contribution in [3.63, 3.8) is 0 Å². The third-order valence-corrected chi connectivity index (χ3v) is 3.83. The third kappa shape index (κ3) is 1.00. The summed E-state index contributed by atoms with van der Waals surface area (Å²) in [4.78, 5) is 4.06. The summed E-state index contributed by atoms with van der Waals surface area (Å²) in [6.45, 7) is 0. The summed E-state index contributed by atoms with van der Waals surface area (Å²) < 4.78 is 2.09. The predicted octanol–water partition coefficient (Wildman–Crippen LogP) is 2.12. The van der Waals surface area contributed by atoms with Gasteiger partial charge in [-0.1, -0.05) is 6.42 Å². The van der Waals surface area contributed by atoms with Gasteiger partial charge in [-0.25, -0.2) is 4.98 Å². The summed E-state index contributed by atoms with van der Waals surface area (Å²) in [7, 11) is 0. The summed E-state index contributed by atoms with van der Waals surface area (Å²) >= 11 is 0. The largest absolute Gasteiger partial charge is 0.319 e. The van der Waals surface area contributed by atoms with Crippen LogP contribution in [0.5, 0.6) is 0 Å². The fourth-order valence-electron chi connectivity index (χ4n) is 3.22. The Morgan fingerprint density at radius 1 is 1.43 bits per heavy atom. The molecule has 72 valence electrons. The van der Waals surface area contributed by atoms with Crippen LogP contribution >= 0.6 is 0 Å². The zero-order chi connectivity index (χ0) is 9.54. The smallest absolute Gasteiger partial charge is 0.212 e. The molecule has 0 saturated heterocycles. The molecule has 2 fully saturated rings. The van der Waals surface area contributed by atoms with Crippen molar-refractivity contribution >= 4 is 0 Å². The number of nitrogens with zero attached hydrogens (tertiary/aromatic N) is 3. The van der Waals surface area contributed by atoms with Gasteiger partial charge in [-0.3, -0.25) is 0 Å². The number of imidazole rings is 1. The summed E-state index contributed by atoms with van der Waals surface area (Å²) in [5.41, 5.74) is 0. The van der Waals surface area contributed by atoms with E-state index in [4.69, 9.17) is 5.26 Å². The van der Waals surface area contributed by atoms with Gasteiger partial charge in [0.25, 0.3) is 0 Å². The van der Waals surface area contributed by atoms with Crippen LogP contribution < -0.4 is 0 Å². The summed E-state index contributed by atoms with van der Waals surface area (Å²) in [5, 5.41) is 8.90. The minimum atomic E-state index is 0.561. The third-order valence-electron chi connectivity index (χ3n) is 3.83. The van der Waals surface area contributed by atoms with E-state index < -0.39 is 0 Å². The molecule has 2 bridgehead atoms. The van der Waals surface area contributed by atoms with E-state index in [-0.39, 0.29) is 0 Å². The molecule has 3 rings (SSSR count). The molecule has 1 aromatic heterocycles. The lowest BCUT2D eigenvalue weighted by atomic mass is 9.95. The Kier molecular flexibility index (Phi) is 1.63. The number of aromatic nitrogens is 2. The maximum Gasteiger partial charge on any atom is 0.212 e. The van der Waals surface area contributed by atoms with Crippen molar-refractivity contribution in [2.45, 2.75) is 31.7 Å². The Morgan fingerprint density at radius 3 is 3.00 bits per heavy atom. The van der Waals surface area contributed by atoms with Crippen molar-refractivity contribution in [3.8, 4) is 6.07 Å². The van der Waals surface area contributed by atoms with Crippen molar-refractivity contribution in [2.75, 3.05) is 0 Å². The summed E-state index contributed by atoms with van der Waals surface area (Å²) in [5.74, 6) is 2.31. The minimum absolute atomic E-state index is 0.561. The van der Waals surface area contributed by atoms with Gasteiger partial charge in [-0.2, -0.15) is 5.26 Å². The van der Waals surface area contributed by atoms with Crippen LogP contribution in [0.2, 0.25) is 0 Å². The Labute approximate surface area is 83.4 Å². The van der Waals surface area contributed by atoms with Gasteiger partial charge >= 0.3 is 0 Å². The number of fused-ring (bicyclic) bond motifs is 2. The lowest BCUT2D eigenvalue weighted by Gasteiger charge is -2.23. The SMILES string of the molecule is N#Cc1nccn1C1CC2CCC1C2. The molecule has 2 aliphatic rings. The fourth-order valence-corrected chi connectivity index (χ4v) is 3.22. The van der Waals surface area contributed by atoms with Crippen molar-refractivity contribution in [2.24, 2.45) is 11.8 Å². The summed E-state index contributed by atoms with van der Waals surface area (Å²) in [6, 6.07) is 2.72. The molecule has 0 aliphatic heterocycles. The van der Waals surface area contributed by atoms with E-state index in [0.717, 1.165) is 11.8 Å². The molecule has 3 heteroatoms. The lowest BCUT2D eigenvalue weighted by molar-refractivity contribution is 0.327. The normalized spacial score (nSPS) is 34.6. The van der Waals surface area contributed by atoms with E-state index >= 15 is 0 Å². The first-order chi connectivity index (χ1) is 6.88. The molecule has 2 saturated carbocycles. The zero-order valence-electron chi connectivity index (χ0n) is 8.06. The molecule has 1 heterocycles. The fraction of sp³-hybridized carbons (Fsp3) is 0.636. The maximum atomic E-state index is 8.90. The zero-order valence-corrected chi connectivity index (χ0v) is 8.06. The first kappa shape index (κ1) is 8.05. The molecular formula is C11H13N3. The van der Waals surface area contributed by atoms with Crippen molar-refractivity contribution < 1.29 is 0 Å². The van der Waals surface area contributed by atoms with E-state index in [9.17, 15) is 0 Å². The van der Waals surface area contributed by atoms with E-state index in [1.165, 1.54) is 25.7 Å². The average Bonchev–Trinajstić information content (AvgIpc) is 2.92. The van der Waals surface area contributed by atoms with Crippen molar-refractivity contribution in [1.82, 2.24) is 9.55 Å². The van der Waals surface area contributed by atoms with Gasteiger partial charge in [-0.15, -0.1) is 0 Å². The van der Waals surface area contributed by atoms with Crippen LogP contribution in [0.4, 0.5) is 0 Å². The van der Waals surface area contributed by atoms with Crippen LogP contribution in [-0.2, 0) is 0 Å². The first-order valence-electron chi connectivity index (χ1n) is 5.31. The van der Waals surface area contributed by atoms with Crippen LogP contribution in [-0.4, -0.2) is 9.55 Å². The maximum absolute atomic E-state index is 8.90. The standard InChI is InChI=1S/C11H13N3/c12-7-11-13-3-4-14(11)10-6-8-1-2-9(10)5-8/h3-4,8-10H,1-2,5-6H2. The van der Waals surface area contributed by atoms with Crippen molar-refractivity contribution in [3.05, 3.63) is 18.2 Å². The second-order valence-corrected chi connectivity index (χ2v) is 4.51. The van der Waals surface area contributed by atoms with E-state index in [0.29, 0.717) is 11.9 Å². The molecule has 2 aliphatic carbocycles. The molecule has 1 aromatic rings. The Hall–Kier alpha value is -1.30. The van der Waals surface area contributed by atoms with Gasteiger partial charge in [-0.05, 0) is 31.1 Å². The van der Waals surface area contributed by atoms with Gasteiger partial charge in [0.05, 0.1) is 0 Å². The first-order valence-corrected chi connectivity index (χ1v) is 5.31. The van der Waals surface area contributed by atoms with Gasteiger partial charge in [0.2, 0.25) is 5.82 Å². The lowest BCUT2D eigenvalue weighted by Crippen LogP contribution is -2.16. The predicted molar refractivity (Wildman–Crippen MR) is 51.4 cm³/mol. The van der Waals surface area contributed by atoms with E-state index in [1.807, 2.05) is 6.20 Å². The highest BCUT2D eigenvalue weighted by Gasteiger charge is 2.40. The second-order valence-electron chi connectivity index (χ2n) is 4.51. The van der Waals surface area contributed by atoms with Crippen LogP contribution in [0.1, 0.15) is 37.5 Å². The van der Waals surface area contributed by atoms with Gasteiger partial charge in [0.15, 0.2) is 0 Å². The molecule has 0 amide bonds. The Balaban J connectivity index is 1.93. The molecule has 14 heavy (non-hydrogen) atoms. The molecule has 3 unspecified atom stereocenters. The highest BCUT2D eigenvalue weighted by atomic mass is 15.1. The number of hydrogen-bond donors (Lipinski definition) is 0. The van der Waals surface area contributed by atoms with Gasteiger partial charge < -0.3 is 4.57 Å². The van der Waals surface area contributed by atoms with Gasteiger partial charge in [0, 0.05) is 18.4 Å². The van der Waals surface area contributed by atoms with Crippen LogP contribution in [0.25, 0.3) is 0 Å². The quantitative estimate of drug-likeness (QED) is 0.675. The van der Waals surface area contributed by atoms with E-state index in [1.54, 1.807) is 6.20 Å². The minimum Gasteiger partial charge on any atom is -0.319 e. The summed E-state index contributed by atoms with van der Waals surface area (Å²) in [6.07, 6.45) is 9.08. The molecule has 3 atom stereocenters.